The smallest absolute Gasteiger partial charge is 0.408 e. The Morgan fingerprint density at radius 1 is 1.28 bits per heavy atom. The predicted molar refractivity (Wildman–Crippen MR) is 70.0 cm³/mol. The maximum atomic E-state index is 11.9. The van der Waals surface area contributed by atoms with Crippen molar-refractivity contribution in [2.24, 2.45) is 0 Å². The van der Waals surface area contributed by atoms with Gasteiger partial charge in [-0.3, -0.25) is 0 Å². The van der Waals surface area contributed by atoms with Crippen molar-refractivity contribution in [1.82, 2.24) is 4.57 Å². The van der Waals surface area contributed by atoms with Gasteiger partial charge in [-0.25, -0.2) is 9.36 Å². The molecule has 1 aliphatic heterocycles. The number of halogens is 1. The van der Waals surface area contributed by atoms with Gasteiger partial charge in [0.2, 0.25) is 0 Å². The summed E-state index contributed by atoms with van der Waals surface area (Å²) in [6.07, 6.45) is 3.79. The summed E-state index contributed by atoms with van der Waals surface area (Å²) in [6, 6.07) is 5.34. The number of oxazole rings is 1. The first-order valence-corrected chi connectivity index (χ1v) is 6.74. The minimum atomic E-state index is -0.287. The molecule has 1 N–H and O–H groups in total. The number of quaternary nitrogens is 1. The van der Waals surface area contributed by atoms with Crippen molar-refractivity contribution in [3.63, 3.8) is 0 Å². The second-order valence-corrected chi connectivity index (χ2v) is 5.31. The molecular weight excluding hydrogens is 252 g/mol. The van der Waals surface area contributed by atoms with Gasteiger partial charge in [0, 0.05) is 11.1 Å². The van der Waals surface area contributed by atoms with Crippen LogP contribution in [0.5, 0.6) is 0 Å². The van der Waals surface area contributed by atoms with E-state index in [0.717, 1.165) is 18.6 Å². The first-order chi connectivity index (χ1) is 8.74. The fourth-order valence-corrected chi connectivity index (χ4v) is 2.79. The van der Waals surface area contributed by atoms with Crippen LogP contribution in [-0.4, -0.2) is 17.7 Å². The normalized spacial score (nSPS) is 17.4. The molecule has 3 rings (SSSR count). The van der Waals surface area contributed by atoms with Crippen molar-refractivity contribution in [2.45, 2.75) is 25.9 Å². The fourth-order valence-electron chi connectivity index (χ4n) is 2.62. The summed E-state index contributed by atoms with van der Waals surface area (Å²) in [4.78, 5) is 13.3. The fraction of sp³-hybridized carbons (Fsp3) is 0.462. The zero-order valence-electron chi connectivity index (χ0n) is 10.1. The highest BCUT2D eigenvalue weighted by Gasteiger charge is 2.17. The van der Waals surface area contributed by atoms with Gasteiger partial charge in [-0.05, 0) is 31.4 Å². The number of nitrogens with one attached hydrogen (secondary N) is 1. The second kappa shape index (κ2) is 4.78. The van der Waals surface area contributed by atoms with E-state index in [1.54, 1.807) is 16.7 Å². The van der Waals surface area contributed by atoms with E-state index >= 15 is 0 Å². The number of hydrogen-bond donors (Lipinski definition) is 1. The summed E-state index contributed by atoms with van der Waals surface area (Å²) in [5.74, 6) is -0.287. The van der Waals surface area contributed by atoms with Crippen molar-refractivity contribution >= 4 is 22.7 Å². The minimum absolute atomic E-state index is 0.287. The minimum Gasteiger partial charge on any atom is -0.408 e. The van der Waals surface area contributed by atoms with Crippen molar-refractivity contribution in [2.75, 3.05) is 13.1 Å². The van der Waals surface area contributed by atoms with E-state index in [9.17, 15) is 4.79 Å². The molecule has 0 saturated carbocycles. The lowest BCUT2D eigenvalue weighted by atomic mass is 10.1. The van der Waals surface area contributed by atoms with E-state index in [-0.39, 0.29) is 5.76 Å². The van der Waals surface area contributed by atoms with E-state index in [2.05, 4.69) is 0 Å². The third-order valence-corrected chi connectivity index (χ3v) is 3.81. The predicted octanol–water partition coefficient (Wildman–Crippen LogP) is 1.27. The standard InChI is InChI=1S/C13H15ClN2O2/c14-10-4-5-11-12(8-10)18-13(17)16(11)9-15-6-2-1-3-7-15/h4-5,8H,1-3,6-7,9H2/p+1. The monoisotopic (exact) mass is 267 g/mol. The van der Waals surface area contributed by atoms with Crippen LogP contribution in [0.2, 0.25) is 5.02 Å². The quantitative estimate of drug-likeness (QED) is 0.890. The molecule has 2 aromatic rings. The Morgan fingerprint density at radius 2 is 2.06 bits per heavy atom. The lowest BCUT2D eigenvalue weighted by Crippen LogP contribution is -3.12. The first kappa shape index (κ1) is 11.8. The second-order valence-electron chi connectivity index (χ2n) is 4.88. The summed E-state index contributed by atoms with van der Waals surface area (Å²) in [5.41, 5.74) is 1.41. The Labute approximate surface area is 110 Å². The maximum Gasteiger partial charge on any atom is 0.424 e. The van der Waals surface area contributed by atoms with Crippen molar-refractivity contribution in [3.05, 3.63) is 33.8 Å². The number of likely N-dealkylation sites (tertiary alicyclic amines) is 1. The van der Waals surface area contributed by atoms with Gasteiger partial charge in [0.1, 0.15) is 0 Å². The molecule has 1 aromatic heterocycles. The number of fused-ring (bicyclic) bond motifs is 1. The number of benzene rings is 1. The molecule has 2 heterocycles. The number of piperidine rings is 1. The average Bonchev–Trinajstić information content (AvgIpc) is 2.66. The van der Waals surface area contributed by atoms with Crippen LogP contribution in [0, 0.1) is 0 Å². The molecule has 0 atom stereocenters. The molecule has 0 amide bonds. The summed E-state index contributed by atoms with van der Waals surface area (Å²) in [5, 5.41) is 0.591. The van der Waals surface area contributed by atoms with Crippen molar-refractivity contribution in [3.8, 4) is 0 Å². The molecule has 0 bridgehead atoms. The van der Waals surface area contributed by atoms with Crippen LogP contribution in [0.15, 0.2) is 27.4 Å². The molecule has 1 aromatic carbocycles. The average molecular weight is 268 g/mol. The highest BCUT2D eigenvalue weighted by Crippen LogP contribution is 2.17. The lowest BCUT2D eigenvalue weighted by Gasteiger charge is -2.23. The van der Waals surface area contributed by atoms with Crippen LogP contribution < -0.4 is 10.7 Å². The number of rotatable bonds is 2. The summed E-state index contributed by atoms with van der Waals surface area (Å²) in [6.45, 7) is 2.95. The van der Waals surface area contributed by atoms with Crippen LogP contribution in [0.1, 0.15) is 19.3 Å². The third kappa shape index (κ3) is 2.18. The zero-order chi connectivity index (χ0) is 12.5. The number of hydrogen-bond acceptors (Lipinski definition) is 2. The van der Waals surface area contributed by atoms with Gasteiger partial charge in [-0.2, -0.15) is 0 Å². The molecule has 0 aliphatic carbocycles. The summed E-state index contributed by atoms with van der Waals surface area (Å²) in [7, 11) is 0. The van der Waals surface area contributed by atoms with Crippen molar-refractivity contribution in [1.29, 1.82) is 0 Å². The van der Waals surface area contributed by atoms with Crippen LogP contribution >= 0.6 is 11.6 Å². The molecule has 0 radical (unpaired) electrons. The zero-order valence-corrected chi connectivity index (χ0v) is 10.9. The lowest BCUT2D eigenvalue weighted by molar-refractivity contribution is -0.927. The van der Waals surface area contributed by atoms with Gasteiger partial charge in [0.15, 0.2) is 12.3 Å². The Kier molecular flexibility index (Phi) is 3.14. The molecule has 4 nitrogen and oxygen atoms in total. The summed E-state index contributed by atoms with van der Waals surface area (Å²) >= 11 is 5.90. The third-order valence-electron chi connectivity index (χ3n) is 3.57. The molecule has 18 heavy (non-hydrogen) atoms. The number of nitrogens with zero attached hydrogens (tertiary/aromatic N) is 1. The van der Waals surface area contributed by atoms with Gasteiger partial charge in [0.25, 0.3) is 0 Å². The van der Waals surface area contributed by atoms with E-state index in [4.69, 9.17) is 16.0 Å². The topological polar surface area (TPSA) is 39.6 Å². The molecule has 5 heteroatoms. The molecule has 1 aliphatic rings. The highest BCUT2D eigenvalue weighted by molar-refractivity contribution is 6.31. The Morgan fingerprint density at radius 3 is 2.83 bits per heavy atom. The van der Waals surface area contributed by atoms with Crippen LogP contribution in [0.3, 0.4) is 0 Å². The van der Waals surface area contributed by atoms with Gasteiger partial charge >= 0.3 is 5.76 Å². The van der Waals surface area contributed by atoms with E-state index in [1.807, 2.05) is 6.07 Å². The highest BCUT2D eigenvalue weighted by atomic mass is 35.5. The summed E-state index contributed by atoms with van der Waals surface area (Å²) < 4.78 is 6.95. The van der Waals surface area contributed by atoms with Gasteiger partial charge in [-0.1, -0.05) is 11.6 Å². The molecule has 96 valence electrons. The van der Waals surface area contributed by atoms with E-state index in [1.165, 1.54) is 24.2 Å². The van der Waals surface area contributed by atoms with Crippen LogP contribution in [0.4, 0.5) is 0 Å². The molecule has 0 unspecified atom stereocenters. The first-order valence-electron chi connectivity index (χ1n) is 6.36. The van der Waals surface area contributed by atoms with Crippen LogP contribution in [-0.2, 0) is 6.67 Å². The van der Waals surface area contributed by atoms with E-state index < -0.39 is 0 Å². The Balaban J connectivity index is 1.95. The number of aromatic nitrogens is 1. The molecule has 0 spiro atoms. The molecule has 1 saturated heterocycles. The molecular formula is C13H16ClN2O2+. The maximum absolute atomic E-state index is 11.9. The largest absolute Gasteiger partial charge is 0.424 e. The van der Waals surface area contributed by atoms with Gasteiger partial charge in [-0.15, -0.1) is 0 Å². The van der Waals surface area contributed by atoms with Gasteiger partial charge in [0.05, 0.1) is 18.6 Å². The Hall–Kier alpha value is -1.26. The SMILES string of the molecule is O=c1oc2cc(Cl)ccc2n1C[NH+]1CCCCC1. The van der Waals surface area contributed by atoms with E-state index in [0.29, 0.717) is 17.3 Å². The van der Waals surface area contributed by atoms with Crippen molar-refractivity contribution < 1.29 is 9.32 Å². The molecule has 1 fully saturated rings. The Bertz CT molecular complexity index is 611. The van der Waals surface area contributed by atoms with Gasteiger partial charge < -0.3 is 9.32 Å². The van der Waals surface area contributed by atoms with Crippen LogP contribution in [0.25, 0.3) is 11.1 Å².